The fraction of sp³-hybridized carbons (Fsp3) is 0.773. The minimum absolute atomic E-state index is 0.00609. The molecule has 0 heterocycles. The number of fused-ring (bicyclic) bond motifs is 5. The molecule has 0 aromatic carbocycles. The lowest BCUT2D eigenvalue weighted by atomic mass is 9.45. The Bertz CT molecular complexity index is 558. The van der Waals surface area contributed by atoms with Crippen LogP contribution in [-0.4, -0.2) is 5.78 Å². The average Bonchev–Trinajstić information content (AvgIpc) is 2.83. The van der Waals surface area contributed by atoms with Crippen molar-refractivity contribution < 1.29 is 4.79 Å². The first-order valence-electron chi connectivity index (χ1n) is 9.85. The second-order valence-electron chi connectivity index (χ2n) is 9.22. The van der Waals surface area contributed by atoms with Crippen molar-refractivity contribution in [2.75, 3.05) is 0 Å². The van der Waals surface area contributed by atoms with Crippen LogP contribution in [0.1, 0.15) is 71.6 Å². The highest BCUT2D eigenvalue weighted by Crippen LogP contribution is 2.66. The molecule has 6 atom stereocenters. The molecule has 126 valence electrons. The summed E-state index contributed by atoms with van der Waals surface area (Å²) >= 11 is 0. The van der Waals surface area contributed by atoms with Crippen LogP contribution in [-0.2, 0) is 4.79 Å². The molecule has 0 aliphatic heterocycles. The van der Waals surface area contributed by atoms with E-state index in [-0.39, 0.29) is 5.41 Å². The third kappa shape index (κ3) is 2.07. The number of allylic oxidation sites excluding steroid dienone is 3. The number of ketones is 1. The van der Waals surface area contributed by atoms with Crippen LogP contribution in [0.25, 0.3) is 0 Å². The van der Waals surface area contributed by atoms with Gasteiger partial charge in [0.15, 0.2) is 0 Å². The van der Waals surface area contributed by atoms with Gasteiger partial charge in [-0.15, -0.1) is 6.58 Å². The zero-order valence-corrected chi connectivity index (χ0v) is 14.9. The molecule has 4 rings (SSSR count). The molecule has 0 aromatic heterocycles. The van der Waals surface area contributed by atoms with Crippen LogP contribution >= 0.6 is 0 Å². The van der Waals surface area contributed by atoms with Crippen LogP contribution in [0, 0.1) is 34.5 Å². The van der Waals surface area contributed by atoms with Crippen molar-refractivity contribution in [3.05, 3.63) is 24.3 Å². The van der Waals surface area contributed by atoms with Gasteiger partial charge in [0, 0.05) is 11.8 Å². The summed E-state index contributed by atoms with van der Waals surface area (Å²) in [4.78, 5) is 12.5. The van der Waals surface area contributed by atoms with Crippen LogP contribution < -0.4 is 0 Å². The van der Waals surface area contributed by atoms with Gasteiger partial charge in [-0.1, -0.05) is 31.6 Å². The number of hydrogen-bond donors (Lipinski definition) is 0. The zero-order valence-electron chi connectivity index (χ0n) is 14.9. The molecule has 0 spiro atoms. The van der Waals surface area contributed by atoms with Crippen molar-refractivity contribution in [2.24, 2.45) is 34.5 Å². The third-order valence-corrected chi connectivity index (χ3v) is 8.34. The van der Waals surface area contributed by atoms with Gasteiger partial charge in [0.1, 0.15) is 5.78 Å². The van der Waals surface area contributed by atoms with Crippen molar-refractivity contribution in [3.63, 3.8) is 0 Å². The fourth-order valence-electron chi connectivity index (χ4n) is 7.19. The van der Waals surface area contributed by atoms with E-state index < -0.39 is 0 Å². The summed E-state index contributed by atoms with van der Waals surface area (Å²) in [6, 6.07) is 0. The molecule has 23 heavy (non-hydrogen) atoms. The van der Waals surface area contributed by atoms with Gasteiger partial charge in [0.2, 0.25) is 0 Å². The normalized spacial score (nSPS) is 49.0. The summed E-state index contributed by atoms with van der Waals surface area (Å²) < 4.78 is 0. The van der Waals surface area contributed by atoms with Crippen molar-refractivity contribution in [1.82, 2.24) is 0 Å². The SMILES string of the molecule is C=CC[C@H]1C[C@@H]2[C@H](CC[C@]3(C)C(=O)CC[C@@H]23)[C@@]2(C)CCCC=C12. The topological polar surface area (TPSA) is 17.1 Å². The van der Waals surface area contributed by atoms with E-state index in [0.717, 1.165) is 37.5 Å². The van der Waals surface area contributed by atoms with E-state index in [0.29, 0.717) is 23.0 Å². The molecule has 0 bridgehead atoms. The van der Waals surface area contributed by atoms with E-state index in [1.807, 2.05) is 0 Å². The minimum Gasteiger partial charge on any atom is -0.299 e. The van der Waals surface area contributed by atoms with Crippen LogP contribution in [0.3, 0.4) is 0 Å². The molecule has 0 saturated heterocycles. The Hall–Kier alpha value is -0.850. The Kier molecular flexibility index (Phi) is 3.63. The summed E-state index contributed by atoms with van der Waals surface area (Å²) in [5.74, 6) is 3.50. The maximum absolute atomic E-state index is 12.5. The Morgan fingerprint density at radius 3 is 2.78 bits per heavy atom. The molecule has 4 aliphatic rings. The van der Waals surface area contributed by atoms with Gasteiger partial charge >= 0.3 is 0 Å². The van der Waals surface area contributed by atoms with Crippen molar-refractivity contribution in [3.8, 4) is 0 Å². The predicted octanol–water partition coefficient (Wildman–Crippen LogP) is 5.71. The van der Waals surface area contributed by atoms with Gasteiger partial charge < -0.3 is 0 Å². The van der Waals surface area contributed by atoms with Crippen molar-refractivity contribution in [1.29, 1.82) is 0 Å². The van der Waals surface area contributed by atoms with Gasteiger partial charge in [0.25, 0.3) is 0 Å². The molecule has 0 aromatic rings. The molecular formula is C22H32O. The van der Waals surface area contributed by atoms with Crippen molar-refractivity contribution >= 4 is 5.78 Å². The smallest absolute Gasteiger partial charge is 0.139 e. The number of carbonyl (C=O) groups excluding carboxylic acids is 1. The highest BCUT2D eigenvalue weighted by atomic mass is 16.1. The molecule has 0 N–H and O–H groups in total. The molecular weight excluding hydrogens is 280 g/mol. The molecule has 0 amide bonds. The molecule has 0 unspecified atom stereocenters. The standard InChI is InChI=1S/C22H32O/c1-4-7-15-14-16-18-9-10-20(23)22(18,3)13-11-19(16)21(2)12-6-5-8-17(15)21/h4,8,15-16,18-19H,1,5-7,9-14H2,2-3H3/t15-,16-,18-,19-,21-,22-/m0/s1. The maximum atomic E-state index is 12.5. The largest absolute Gasteiger partial charge is 0.299 e. The second kappa shape index (κ2) is 5.33. The van der Waals surface area contributed by atoms with Crippen LogP contribution in [0.15, 0.2) is 24.3 Å². The quantitative estimate of drug-likeness (QED) is 0.597. The van der Waals surface area contributed by atoms with Gasteiger partial charge in [-0.2, -0.15) is 0 Å². The lowest BCUT2D eigenvalue weighted by Gasteiger charge is -2.59. The summed E-state index contributed by atoms with van der Waals surface area (Å²) in [6.45, 7) is 8.88. The van der Waals surface area contributed by atoms with E-state index in [2.05, 4.69) is 32.6 Å². The van der Waals surface area contributed by atoms with Gasteiger partial charge in [-0.05, 0) is 80.5 Å². The molecule has 3 fully saturated rings. The minimum atomic E-state index is 0.00609. The first-order valence-corrected chi connectivity index (χ1v) is 9.85. The molecule has 1 heteroatoms. The first-order chi connectivity index (χ1) is 11.0. The predicted molar refractivity (Wildman–Crippen MR) is 95.0 cm³/mol. The summed E-state index contributed by atoms with van der Waals surface area (Å²) in [6.07, 6.45) is 15.6. The van der Waals surface area contributed by atoms with Crippen LogP contribution in [0.2, 0.25) is 0 Å². The van der Waals surface area contributed by atoms with Gasteiger partial charge in [-0.25, -0.2) is 0 Å². The van der Waals surface area contributed by atoms with Gasteiger partial charge in [0.05, 0.1) is 0 Å². The Labute approximate surface area is 141 Å². The number of carbonyl (C=O) groups is 1. The molecule has 1 nitrogen and oxygen atoms in total. The van der Waals surface area contributed by atoms with E-state index in [9.17, 15) is 4.79 Å². The van der Waals surface area contributed by atoms with E-state index in [1.165, 1.54) is 32.1 Å². The third-order valence-electron chi connectivity index (χ3n) is 8.34. The zero-order chi connectivity index (χ0) is 16.2. The fourth-order valence-corrected chi connectivity index (χ4v) is 7.19. The van der Waals surface area contributed by atoms with E-state index in [1.54, 1.807) is 5.57 Å². The molecule has 4 aliphatic carbocycles. The number of Topliss-reactive ketones (excluding diaryl/α,β-unsaturated/α-hetero) is 1. The number of hydrogen-bond acceptors (Lipinski definition) is 1. The summed E-state index contributed by atoms with van der Waals surface area (Å²) in [5, 5.41) is 0. The highest BCUT2D eigenvalue weighted by molar-refractivity contribution is 5.87. The summed E-state index contributed by atoms with van der Waals surface area (Å²) in [7, 11) is 0. The average molecular weight is 312 g/mol. The Balaban J connectivity index is 1.73. The molecule has 3 saturated carbocycles. The van der Waals surface area contributed by atoms with E-state index in [4.69, 9.17) is 0 Å². The lowest BCUT2D eigenvalue weighted by Crippen LogP contribution is -2.52. The van der Waals surface area contributed by atoms with E-state index >= 15 is 0 Å². The van der Waals surface area contributed by atoms with Crippen LogP contribution in [0.4, 0.5) is 0 Å². The molecule has 0 radical (unpaired) electrons. The first kappa shape index (κ1) is 15.7. The maximum Gasteiger partial charge on any atom is 0.139 e. The highest BCUT2D eigenvalue weighted by Gasteiger charge is 2.59. The Morgan fingerprint density at radius 2 is 2.00 bits per heavy atom. The number of rotatable bonds is 2. The van der Waals surface area contributed by atoms with Crippen LogP contribution in [0.5, 0.6) is 0 Å². The summed E-state index contributed by atoms with van der Waals surface area (Å²) in [5.41, 5.74) is 2.17. The Morgan fingerprint density at radius 1 is 1.22 bits per heavy atom. The lowest BCUT2D eigenvalue weighted by molar-refractivity contribution is -0.133. The van der Waals surface area contributed by atoms with Gasteiger partial charge in [-0.3, -0.25) is 4.79 Å². The van der Waals surface area contributed by atoms with Crippen molar-refractivity contribution in [2.45, 2.75) is 71.6 Å². The second-order valence-corrected chi connectivity index (χ2v) is 9.22. The monoisotopic (exact) mass is 312 g/mol.